The highest BCUT2D eigenvalue weighted by Gasteiger charge is 2.16. The second kappa shape index (κ2) is 6.47. The van der Waals surface area contributed by atoms with Crippen molar-refractivity contribution in [1.29, 1.82) is 0 Å². The lowest BCUT2D eigenvalue weighted by molar-refractivity contribution is 0.206. The Labute approximate surface area is 112 Å². The van der Waals surface area contributed by atoms with Crippen LogP contribution in [0.3, 0.4) is 0 Å². The van der Waals surface area contributed by atoms with E-state index in [9.17, 15) is 0 Å². The van der Waals surface area contributed by atoms with Gasteiger partial charge in [0.25, 0.3) is 0 Å². The number of hydrogen-bond donors (Lipinski definition) is 1. The van der Waals surface area contributed by atoms with Crippen LogP contribution in [0.25, 0.3) is 0 Å². The monoisotopic (exact) mass is 297 g/mol. The number of hydrogen-bond acceptors (Lipinski definition) is 3. The topological polar surface area (TPSA) is 28.2 Å². The summed E-state index contributed by atoms with van der Waals surface area (Å²) >= 11 is 3.39. The Balaban J connectivity index is 1.70. The summed E-state index contributed by atoms with van der Waals surface area (Å²) in [6, 6.07) is 4.10. The van der Waals surface area contributed by atoms with Gasteiger partial charge in [0.15, 0.2) is 0 Å². The Morgan fingerprint density at radius 2 is 2.41 bits per heavy atom. The number of piperidine rings is 1. The molecule has 2 rings (SSSR count). The van der Waals surface area contributed by atoms with Crippen LogP contribution in [0, 0.1) is 5.92 Å². The maximum atomic E-state index is 4.36. The summed E-state index contributed by atoms with van der Waals surface area (Å²) in [5.41, 5.74) is 1.11. The van der Waals surface area contributed by atoms with Gasteiger partial charge in [-0.3, -0.25) is 4.98 Å². The molecule has 0 aromatic carbocycles. The Bertz CT molecular complexity index is 339. The highest BCUT2D eigenvalue weighted by atomic mass is 79.9. The van der Waals surface area contributed by atoms with Crippen LogP contribution in [-0.2, 0) is 6.54 Å². The molecular weight excluding hydrogens is 278 g/mol. The molecule has 0 amide bonds. The molecule has 2 heterocycles. The number of nitrogens with one attached hydrogen (secondary N) is 1. The number of pyridine rings is 1. The van der Waals surface area contributed by atoms with Crippen molar-refractivity contribution in [1.82, 2.24) is 15.2 Å². The molecule has 0 saturated carbocycles. The molecule has 1 saturated heterocycles. The van der Waals surface area contributed by atoms with Crippen LogP contribution in [0.1, 0.15) is 18.5 Å². The Morgan fingerprint density at radius 3 is 3.12 bits per heavy atom. The standard InChI is InChI=1S/C13H20BrN3/c1-17-6-2-3-11(10-17)7-15-9-13-5-4-12(14)8-16-13/h4-5,8,11,15H,2-3,6-7,9-10H2,1H3. The fraction of sp³-hybridized carbons (Fsp3) is 0.615. The first kappa shape index (κ1) is 13.0. The van der Waals surface area contributed by atoms with Gasteiger partial charge in [0.05, 0.1) is 5.69 Å². The molecule has 0 bridgehead atoms. The quantitative estimate of drug-likeness (QED) is 0.924. The van der Waals surface area contributed by atoms with E-state index in [2.05, 4.69) is 44.2 Å². The van der Waals surface area contributed by atoms with Crippen molar-refractivity contribution < 1.29 is 0 Å². The lowest BCUT2D eigenvalue weighted by Gasteiger charge is -2.29. The fourth-order valence-electron chi connectivity index (χ4n) is 2.36. The molecule has 1 unspecified atom stereocenters. The molecule has 0 radical (unpaired) electrons. The van der Waals surface area contributed by atoms with Crippen LogP contribution in [0.5, 0.6) is 0 Å². The van der Waals surface area contributed by atoms with Crippen LogP contribution in [0.15, 0.2) is 22.8 Å². The van der Waals surface area contributed by atoms with Crippen LogP contribution in [0.4, 0.5) is 0 Å². The summed E-state index contributed by atoms with van der Waals surface area (Å²) in [7, 11) is 2.21. The van der Waals surface area contributed by atoms with E-state index in [1.165, 1.54) is 25.9 Å². The van der Waals surface area contributed by atoms with Crippen molar-refractivity contribution in [2.45, 2.75) is 19.4 Å². The van der Waals surface area contributed by atoms with Gasteiger partial charge in [0.2, 0.25) is 0 Å². The van der Waals surface area contributed by atoms with Crippen molar-refractivity contribution in [3.05, 3.63) is 28.5 Å². The van der Waals surface area contributed by atoms with E-state index in [-0.39, 0.29) is 0 Å². The molecule has 1 atom stereocenters. The van der Waals surface area contributed by atoms with Crippen molar-refractivity contribution in [2.75, 3.05) is 26.7 Å². The molecule has 1 aromatic heterocycles. The van der Waals surface area contributed by atoms with E-state index in [4.69, 9.17) is 0 Å². The summed E-state index contributed by atoms with van der Waals surface area (Å²) in [6.45, 7) is 4.45. The van der Waals surface area contributed by atoms with Gasteiger partial charge in [0.1, 0.15) is 0 Å². The smallest absolute Gasteiger partial charge is 0.0542 e. The third-order valence-electron chi connectivity index (χ3n) is 3.25. The molecule has 1 fully saturated rings. The molecule has 94 valence electrons. The van der Waals surface area contributed by atoms with Gasteiger partial charge in [-0.25, -0.2) is 0 Å². The molecule has 1 aliphatic rings. The van der Waals surface area contributed by atoms with Gasteiger partial charge in [-0.15, -0.1) is 0 Å². The molecule has 0 aliphatic carbocycles. The zero-order valence-corrected chi connectivity index (χ0v) is 11.9. The molecular formula is C13H20BrN3. The average molecular weight is 298 g/mol. The summed E-state index contributed by atoms with van der Waals surface area (Å²) in [4.78, 5) is 6.78. The van der Waals surface area contributed by atoms with E-state index in [1.54, 1.807) is 0 Å². The Kier molecular flexibility index (Phi) is 4.95. The normalized spacial score (nSPS) is 21.6. The lowest BCUT2D eigenvalue weighted by Crippen LogP contribution is -2.37. The number of aromatic nitrogens is 1. The third kappa shape index (κ3) is 4.37. The van der Waals surface area contributed by atoms with Gasteiger partial charge in [0, 0.05) is 23.8 Å². The molecule has 0 spiro atoms. The number of rotatable bonds is 4. The minimum atomic E-state index is 0.796. The highest BCUT2D eigenvalue weighted by molar-refractivity contribution is 9.10. The second-order valence-electron chi connectivity index (χ2n) is 4.87. The van der Waals surface area contributed by atoms with Gasteiger partial charge in [-0.2, -0.15) is 0 Å². The van der Waals surface area contributed by atoms with E-state index < -0.39 is 0 Å². The SMILES string of the molecule is CN1CCCC(CNCc2ccc(Br)cn2)C1. The predicted octanol–water partition coefficient (Wildman–Crippen LogP) is 2.28. The third-order valence-corrected chi connectivity index (χ3v) is 3.72. The van der Waals surface area contributed by atoms with E-state index in [1.807, 2.05) is 12.3 Å². The maximum Gasteiger partial charge on any atom is 0.0542 e. The van der Waals surface area contributed by atoms with Crippen LogP contribution >= 0.6 is 15.9 Å². The fourth-order valence-corrected chi connectivity index (χ4v) is 2.59. The van der Waals surface area contributed by atoms with Crippen molar-refractivity contribution in [2.24, 2.45) is 5.92 Å². The number of halogens is 1. The van der Waals surface area contributed by atoms with Crippen molar-refractivity contribution in [3.8, 4) is 0 Å². The van der Waals surface area contributed by atoms with Crippen molar-refractivity contribution in [3.63, 3.8) is 0 Å². The summed E-state index contributed by atoms with van der Waals surface area (Å²) < 4.78 is 1.04. The minimum absolute atomic E-state index is 0.796. The average Bonchev–Trinajstić information content (AvgIpc) is 2.32. The first-order chi connectivity index (χ1) is 8.24. The van der Waals surface area contributed by atoms with E-state index >= 15 is 0 Å². The first-order valence-electron chi connectivity index (χ1n) is 6.24. The molecule has 17 heavy (non-hydrogen) atoms. The summed E-state index contributed by atoms with van der Waals surface area (Å²) in [6.07, 6.45) is 4.54. The zero-order chi connectivity index (χ0) is 12.1. The first-order valence-corrected chi connectivity index (χ1v) is 7.03. The van der Waals surface area contributed by atoms with Crippen LogP contribution in [-0.4, -0.2) is 36.6 Å². The zero-order valence-electron chi connectivity index (χ0n) is 10.3. The summed E-state index contributed by atoms with van der Waals surface area (Å²) in [5.74, 6) is 0.796. The largest absolute Gasteiger partial charge is 0.311 e. The second-order valence-corrected chi connectivity index (χ2v) is 5.78. The van der Waals surface area contributed by atoms with Gasteiger partial charge in [-0.05, 0) is 67.0 Å². The lowest BCUT2D eigenvalue weighted by atomic mass is 9.98. The molecule has 1 N–H and O–H groups in total. The Morgan fingerprint density at radius 1 is 1.53 bits per heavy atom. The van der Waals surface area contributed by atoms with Crippen molar-refractivity contribution >= 4 is 15.9 Å². The van der Waals surface area contributed by atoms with Gasteiger partial charge < -0.3 is 10.2 Å². The molecule has 1 aromatic rings. The number of likely N-dealkylation sites (tertiary alicyclic amines) is 1. The van der Waals surface area contributed by atoms with E-state index in [0.717, 1.165) is 29.2 Å². The predicted molar refractivity (Wildman–Crippen MR) is 73.9 cm³/mol. The molecule has 4 heteroatoms. The highest BCUT2D eigenvalue weighted by Crippen LogP contribution is 2.14. The van der Waals surface area contributed by atoms with E-state index in [0.29, 0.717) is 0 Å². The van der Waals surface area contributed by atoms with Gasteiger partial charge >= 0.3 is 0 Å². The number of nitrogens with zero attached hydrogens (tertiary/aromatic N) is 2. The van der Waals surface area contributed by atoms with Crippen LogP contribution in [0.2, 0.25) is 0 Å². The maximum absolute atomic E-state index is 4.36. The van der Waals surface area contributed by atoms with Crippen LogP contribution < -0.4 is 5.32 Å². The minimum Gasteiger partial charge on any atom is -0.311 e. The molecule has 3 nitrogen and oxygen atoms in total. The molecule has 1 aliphatic heterocycles. The Hall–Kier alpha value is -0.450. The summed E-state index contributed by atoms with van der Waals surface area (Å²) in [5, 5.41) is 3.51. The van der Waals surface area contributed by atoms with Gasteiger partial charge in [-0.1, -0.05) is 0 Å².